The molecule has 0 aromatic rings. The normalized spacial score (nSPS) is 21.0. The maximum absolute atomic E-state index is 13.1. The number of nitrogens with zero attached hydrogens (tertiary/aromatic N) is 3. The number of carbonyl (C=O) groups excluding carboxylic acids is 1. The Balaban J connectivity index is 2.40. The Morgan fingerprint density at radius 3 is 2.46 bits per heavy atom. The molecular formula is C14H24N6O3S. The third kappa shape index (κ3) is 3.09. The van der Waals surface area contributed by atoms with E-state index < -0.39 is 22.4 Å². The van der Waals surface area contributed by atoms with E-state index in [4.69, 9.17) is 11.6 Å². The summed E-state index contributed by atoms with van der Waals surface area (Å²) in [6.45, 7) is 7.22. The van der Waals surface area contributed by atoms with E-state index in [0.29, 0.717) is 17.0 Å². The van der Waals surface area contributed by atoms with Crippen LogP contribution < -0.4 is 17.0 Å². The first-order valence-corrected chi connectivity index (χ1v) is 9.09. The molecule has 5 N–H and O–H groups in total. The van der Waals surface area contributed by atoms with Crippen molar-refractivity contribution in [2.24, 2.45) is 16.6 Å². The molecule has 134 valence electrons. The van der Waals surface area contributed by atoms with E-state index >= 15 is 0 Å². The van der Waals surface area contributed by atoms with E-state index in [2.05, 4.69) is 10.4 Å². The topological polar surface area (TPSA) is 134 Å². The molecule has 1 aliphatic heterocycles. The van der Waals surface area contributed by atoms with Gasteiger partial charge < -0.3 is 0 Å². The second-order valence-corrected chi connectivity index (χ2v) is 7.90. The third-order valence-corrected chi connectivity index (χ3v) is 6.08. The van der Waals surface area contributed by atoms with Gasteiger partial charge in [0, 0.05) is 17.7 Å². The molecule has 0 fully saturated rings. The number of nitrogens with two attached hydrogens (primary N) is 2. The van der Waals surface area contributed by atoms with Gasteiger partial charge in [0.15, 0.2) is 6.29 Å². The summed E-state index contributed by atoms with van der Waals surface area (Å²) >= 11 is 0. The molecule has 1 aliphatic carbocycles. The van der Waals surface area contributed by atoms with Crippen molar-refractivity contribution in [2.45, 2.75) is 52.5 Å². The van der Waals surface area contributed by atoms with Crippen molar-refractivity contribution in [1.29, 1.82) is 0 Å². The predicted octanol–water partition coefficient (Wildman–Crippen LogP) is -0.447. The van der Waals surface area contributed by atoms with Crippen molar-refractivity contribution < 1.29 is 13.2 Å². The Hall–Kier alpha value is -1.75. The van der Waals surface area contributed by atoms with E-state index in [1.54, 1.807) is 33.8 Å². The van der Waals surface area contributed by atoms with Gasteiger partial charge in [-0.1, -0.05) is 6.08 Å². The highest BCUT2D eigenvalue weighted by Gasteiger charge is 2.42. The van der Waals surface area contributed by atoms with Crippen LogP contribution in [0.1, 0.15) is 34.1 Å². The van der Waals surface area contributed by atoms with Crippen molar-refractivity contribution in [2.75, 3.05) is 0 Å². The largest absolute Gasteiger partial charge is 0.307 e. The van der Waals surface area contributed by atoms with Crippen LogP contribution in [0, 0.1) is 0 Å². The number of rotatable bonds is 5. The highest BCUT2D eigenvalue weighted by molar-refractivity contribution is 7.87. The summed E-state index contributed by atoms with van der Waals surface area (Å²) in [4.78, 5) is 15.8. The minimum absolute atomic E-state index is 0.232. The molecule has 9 nitrogen and oxygen atoms in total. The number of hydrazine groups is 1. The lowest BCUT2D eigenvalue weighted by molar-refractivity contribution is -0.117. The Morgan fingerprint density at radius 1 is 1.38 bits per heavy atom. The standard InChI is InChI=1S/C14H24N6O3S/c1-8(2)19(9(3)4)24(22,23)20-12-6-5-10(13(21)18-16)7-11(12)17-14(20)15/h6-9,14H,5,15-16H2,1-4H3,(H,18,21). The zero-order valence-electron chi connectivity index (χ0n) is 14.2. The molecule has 1 atom stereocenters. The summed E-state index contributed by atoms with van der Waals surface area (Å²) in [5.41, 5.74) is 9.16. The molecular weight excluding hydrogens is 332 g/mol. The zero-order valence-corrected chi connectivity index (χ0v) is 15.0. The monoisotopic (exact) mass is 356 g/mol. The fourth-order valence-electron chi connectivity index (χ4n) is 3.00. The molecule has 0 aromatic heterocycles. The van der Waals surface area contributed by atoms with Gasteiger partial charge in [-0.2, -0.15) is 12.7 Å². The summed E-state index contributed by atoms with van der Waals surface area (Å²) in [5, 5.41) is 0. The first kappa shape index (κ1) is 18.6. The molecule has 1 amide bonds. The van der Waals surface area contributed by atoms with Gasteiger partial charge in [-0.05, 0) is 40.2 Å². The average molecular weight is 356 g/mol. The summed E-state index contributed by atoms with van der Waals surface area (Å²) in [6.07, 6.45) is 2.33. The van der Waals surface area contributed by atoms with E-state index in [9.17, 15) is 13.2 Å². The number of hydrogen-bond acceptors (Lipinski definition) is 6. The van der Waals surface area contributed by atoms with Gasteiger partial charge in [0.1, 0.15) is 0 Å². The van der Waals surface area contributed by atoms with E-state index in [1.165, 1.54) is 10.4 Å². The number of amides is 1. The molecule has 1 unspecified atom stereocenters. The molecule has 0 radical (unpaired) electrons. The highest BCUT2D eigenvalue weighted by Crippen LogP contribution is 2.31. The van der Waals surface area contributed by atoms with E-state index in [-0.39, 0.29) is 18.5 Å². The SMILES string of the molecule is CC(C)N(C(C)C)S(=O)(=O)N1C2=CCC(C(=O)NN)=CC2=NC1N. The van der Waals surface area contributed by atoms with Crippen molar-refractivity contribution >= 4 is 21.8 Å². The minimum atomic E-state index is -3.86. The highest BCUT2D eigenvalue weighted by atomic mass is 32.2. The Bertz CT molecular complexity index is 715. The van der Waals surface area contributed by atoms with Crippen molar-refractivity contribution in [1.82, 2.24) is 14.0 Å². The maximum atomic E-state index is 13.1. The summed E-state index contributed by atoms with van der Waals surface area (Å²) in [5.74, 6) is 4.70. The number of carbonyl (C=O) groups is 1. The van der Waals surface area contributed by atoms with Gasteiger partial charge in [0.2, 0.25) is 0 Å². The summed E-state index contributed by atoms with van der Waals surface area (Å²) in [7, 11) is -3.86. The molecule has 0 spiro atoms. The number of fused-ring (bicyclic) bond motifs is 1. The summed E-state index contributed by atoms with van der Waals surface area (Å²) < 4.78 is 28.7. The first-order valence-electron chi connectivity index (χ1n) is 7.69. The molecule has 2 aliphatic rings. The lowest BCUT2D eigenvalue weighted by Crippen LogP contribution is -2.53. The maximum Gasteiger partial charge on any atom is 0.307 e. The number of nitrogens with one attached hydrogen (secondary N) is 1. The second-order valence-electron chi connectivity index (χ2n) is 6.19. The smallest absolute Gasteiger partial charge is 0.292 e. The number of aliphatic imine (C=N–C) groups is 1. The molecule has 0 saturated carbocycles. The average Bonchev–Trinajstić information content (AvgIpc) is 2.80. The molecule has 1 heterocycles. The Morgan fingerprint density at radius 2 is 1.96 bits per heavy atom. The van der Waals surface area contributed by atoms with Crippen LogP contribution in [-0.2, 0) is 15.0 Å². The van der Waals surface area contributed by atoms with Gasteiger partial charge >= 0.3 is 10.2 Å². The molecule has 0 bridgehead atoms. The van der Waals surface area contributed by atoms with Crippen LogP contribution in [0.3, 0.4) is 0 Å². The zero-order chi connectivity index (χ0) is 18.2. The van der Waals surface area contributed by atoms with Gasteiger partial charge in [-0.3, -0.25) is 16.0 Å². The van der Waals surface area contributed by atoms with Crippen LogP contribution in [-0.4, -0.2) is 47.0 Å². The lowest BCUT2D eigenvalue weighted by Gasteiger charge is -2.35. The van der Waals surface area contributed by atoms with Crippen LogP contribution in [0.25, 0.3) is 0 Å². The van der Waals surface area contributed by atoms with E-state index in [0.717, 1.165) is 4.31 Å². The van der Waals surface area contributed by atoms with Crippen LogP contribution in [0.5, 0.6) is 0 Å². The van der Waals surface area contributed by atoms with Crippen LogP contribution >= 0.6 is 0 Å². The molecule has 0 saturated heterocycles. The predicted molar refractivity (Wildman–Crippen MR) is 91.4 cm³/mol. The van der Waals surface area contributed by atoms with Crippen LogP contribution in [0.4, 0.5) is 0 Å². The quantitative estimate of drug-likeness (QED) is 0.348. The van der Waals surface area contributed by atoms with Crippen LogP contribution in [0.2, 0.25) is 0 Å². The molecule has 10 heteroatoms. The van der Waals surface area contributed by atoms with Gasteiger partial charge in [0.05, 0.1) is 11.4 Å². The van der Waals surface area contributed by atoms with Crippen molar-refractivity contribution in [3.05, 3.63) is 23.4 Å². The third-order valence-electron chi connectivity index (χ3n) is 3.79. The van der Waals surface area contributed by atoms with Crippen molar-refractivity contribution in [3.8, 4) is 0 Å². The molecule has 24 heavy (non-hydrogen) atoms. The van der Waals surface area contributed by atoms with Gasteiger partial charge in [-0.15, -0.1) is 0 Å². The number of hydrogen-bond donors (Lipinski definition) is 3. The van der Waals surface area contributed by atoms with E-state index in [1.807, 2.05) is 0 Å². The lowest BCUT2D eigenvalue weighted by atomic mass is 10.0. The van der Waals surface area contributed by atoms with Crippen molar-refractivity contribution in [3.63, 3.8) is 0 Å². The Kier molecular flexibility index (Phi) is 5.14. The van der Waals surface area contributed by atoms with Crippen LogP contribution in [0.15, 0.2) is 28.4 Å². The summed E-state index contributed by atoms with van der Waals surface area (Å²) in [6, 6.07) is -0.464. The molecule has 0 aromatic carbocycles. The minimum Gasteiger partial charge on any atom is -0.292 e. The number of allylic oxidation sites excluding steroid dienone is 2. The Labute approximate surface area is 142 Å². The van der Waals surface area contributed by atoms with Gasteiger partial charge in [0.25, 0.3) is 5.91 Å². The second kappa shape index (κ2) is 6.63. The molecule has 2 rings (SSSR count). The fourth-order valence-corrected chi connectivity index (χ4v) is 5.00. The first-order chi connectivity index (χ1) is 11.1. The van der Waals surface area contributed by atoms with Gasteiger partial charge in [-0.25, -0.2) is 15.1 Å². The fraction of sp³-hybridized carbons (Fsp3) is 0.571.